The van der Waals surface area contributed by atoms with E-state index in [9.17, 15) is 4.79 Å². The number of benzene rings is 1. The Hall–Kier alpha value is -1.19. The van der Waals surface area contributed by atoms with Gasteiger partial charge in [0.05, 0.1) is 11.7 Å². The van der Waals surface area contributed by atoms with Crippen LogP contribution in [0.2, 0.25) is 5.02 Å². The van der Waals surface area contributed by atoms with Crippen molar-refractivity contribution in [1.29, 1.82) is 0 Å². The number of carbonyl (C=O) groups is 1. The van der Waals surface area contributed by atoms with Gasteiger partial charge in [0.1, 0.15) is 0 Å². The fourth-order valence-electron chi connectivity index (χ4n) is 2.13. The summed E-state index contributed by atoms with van der Waals surface area (Å²) in [5.41, 5.74) is 0.662. The smallest absolute Gasteiger partial charge is 0.297 e. The SMILES string of the molecule is O=C(Nc1ccc(Cl)cc1I)c1noc(C2CCCN2)n1. The first-order chi connectivity index (χ1) is 10.1. The standard InChI is InChI=1S/C13H12ClIN4O2/c14-7-3-4-9(8(15)6-7)17-12(20)11-18-13(21-19-11)10-2-1-5-16-10/h3-4,6,10,16H,1-2,5H2,(H,17,20). The summed E-state index contributed by atoms with van der Waals surface area (Å²) in [5.74, 6) is 0.0936. The summed E-state index contributed by atoms with van der Waals surface area (Å²) < 4.78 is 5.99. The monoisotopic (exact) mass is 418 g/mol. The van der Waals surface area contributed by atoms with E-state index >= 15 is 0 Å². The maximum atomic E-state index is 12.1. The van der Waals surface area contributed by atoms with E-state index in [2.05, 4.69) is 43.4 Å². The molecule has 1 aliphatic rings. The Balaban J connectivity index is 1.73. The minimum Gasteiger partial charge on any atom is -0.337 e. The Kier molecular flexibility index (Phi) is 4.41. The average molecular weight is 419 g/mol. The van der Waals surface area contributed by atoms with E-state index in [1.165, 1.54) is 0 Å². The van der Waals surface area contributed by atoms with Gasteiger partial charge in [-0.1, -0.05) is 16.8 Å². The summed E-state index contributed by atoms with van der Waals surface area (Å²) in [7, 11) is 0. The van der Waals surface area contributed by atoms with E-state index in [0.29, 0.717) is 16.6 Å². The normalized spacial score (nSPS) is 17.9. The fraction of sp³-hybridized carbons (Fsp3) is 0.308. The maximum Gasteiger partial charge on any atom is 0.297 e. The summed E-state index contributed by atoms with van der Waals surface area (Å²) in [6.45, 7) is 0.928. The molecule has 0 spiro atoms. The van der Waals surface area contributed by atoms with E-state index in [1.54, 1.807) is 18.2 Å². The molecule has 8 heteroatoms. The topological polar surface area (TPSA) is 80.0 Å². The third kappa shape index (κ3) is 3.35. The largest absolute Gasteiger partial charge is 0.337 e. The van der Waals surface area contributed by atoms with Crippen molar-refractivity contribution in [2.75, 3.05) is 11.9 Å². The Morgan fingerprint density at radius 2 is 2.38 bits per heavy atom. The highest BCUT2D eigenvalue weighted by atomic mass is 127. The number of nitrogens with zero attached hydrogens (tertiary/aromatic N) is 2. The van der Waals surface area contributed by atoms with Gasteiger partial charge in [-0.15, -0.1) is 0 Å². The number of hydrogen-bond donors (Lipinski definition) is 2. The van der Waals surface area contributed by atoms with Crippen molar-refractivity contribution in [1.82, 2.24) is 15.5 Å². The van der Waals surface area contributed by atoms with Crippen LogP contribution in [-0.2, 0) is 0 Å². The minimum absolute atomic E-state index is 0.0319. The zero-order valence-corrected chi connectivity index (χ0v) is 13.8. The Morgan fingerprint density at radius 1 is 1.52 bits per heavy atom. The van der Waals surface area contributed by atoms with Crippen LogP contribution < -0.4 is 10.6 Å². The molecule has 0 saturated carbocycles. The molecule has 1 fully saturated rings. The van der Waals surface area contributed by atoms with E-state index in [-0.39, 0.29) is 11.9 Å². The molecule has 1 atom stereocenters. The zero-order chi connectivity index (χ0) is 14.8. The van der Waals surface area contributed by atoms with Gasteiger partial charge in [0.25, 0.3) is 11.7 Å². The predicted molar refractivity (Wildman–Crippen MR) is 86.4 cm³/mol. The molecule has 2 N–H and O–H groups in total. The van der Waals surface area contributed by atoms with Crippen molar-refractivity contribution < 1.29 is 9.32 Å². The molecular weight excluding hydrogens is 407 g/mol. The molecule has 1 aromatic carbocycles. The lowest BCUT2D eigenvalue weighted by molar-refractivity contribution is 0.101. The van der Waals surface area contributed by atoms with Crippen LogP contribution in [0.25, 0.3) is 0 Å². The highest BCUT2D eigenvalue weighted by molar-refractivity contribution is 14.1. The van der Waals surface area contributed by atoms with Gasteiger partial charge in [-0.3, -0.25) is 4.79 Å². The summed E-state index contributed by atoms with van der Waals surface area (Å²) in [6.07, 6.45) is 2.01. The van der Waals surface area contributed by atoms with Crippen LogP contribution in [-0.4, -0.2) is 22.6 Å². The van der Waals surface area contributed by atoms with Gasteiger partial charge >= 0.3 is 0 Å². The molecule has 1 aliphatic heterocycles. The van der Waals surface area contributed by atoms with Crippen LogP contribution in [0.5, 0.6) is 0 Å². The van der Waals surface area contributed by atoms with Crippen LogP contribution in [0.15, 0.2) is 22.7 Å². The number of halogens is 2. The van der Waals surface area contributed by atoms with E-state index < -0.39 is 5.91 Å². The Labute approximate surface area is 139 Å². The van der Waals surface area contributed by atoms with Crippen LogP contribution in [0.1, 0.15) is 35.4 Å². The molecule has 110 valence electrons. The Morgan fingerprint density at radius 3 is 3.10 bits per heavy atom. The summed E-state index contributed by atoms with van der Waals surface area (Å²) in [5, 5.41) is 10.3. The van der Waals surface area contributed by atoms with Gasteiger partial charge in [-0.05, 0) is 60.2 Å². The van der Waals surface area contributed by atoms with Crippen LogP contribution in [0.4, 0.5) is 5.69 Å². The lowest BCUT2D eigenvalue weighted by Gasteiger charge is -2.05. The second kappa shape index (κ2) is 6.29. The lowest BCUT2D eigenvalue weighted by atomic mass is 10.2. The third-order valence-electron chi connectivity index (χ3n) is 3.18. The predicted octanol–water partition coefficient (Wildman–Crippen LogP) is 3.00. The molecular formula is C13H12ClIN4O2. The number of amides is 1. The number of nitrogens with one attached hydrogen (secondary N) is 2. The molecule has 6 nitrogen and oxygen atoms in total. The Bertz CT molecular complexity index is 670. The van der Waals surface area contributed by atoms with Gasteiger partial charge in [-0.2, -0.15) is 4.98 Å². The molecule has 1 aromatic heterocycles. The number of rotatable bonds is 3. The maximum absolute atomic E-state index is 12.1. The van der Waals surface area contributed by atoms with E-state index in [1.807, 2.05) is 0 Å². The van der Waals surface area contributed by atoms with Crippen molar-refractivity contribution >= 4 is 45.8 Å². The summed E-state index contributed by atoms with van der Waals surface area (Å²) in [6, 6.07) is 5.27. The van der Waals surface area contributed by atoms with Crippen molar-refractivity contribution in [3.63, 3.8) is 0 Å². The molecule has 0 radical (unpaired) electrons. The molecule has 21 heavy (non-hydrogen) atoms. The van der Waals surface area contributed by atoms with E-state index in [4.69, 9.17) is 16.1 Å². The molecule has 2 aromatic rings. The fourth-order valence-corrected chi connectivity index (χ4v) is 3.14. The quantitative estimate of drug-likeness (QED) is 0.749. The van der Waals surface area contributed by atoms with Gasteiger partial charge in [0.15, 0.2) is 0 Å². The number of aromatic nitrogens is 2. The number of anilines is 1. The van der Waals surface area contributed by atoms with Crippen molar-refractivity contribution in [3.05, 3.63) is 38.5 Å². The summed E-state index contributed by atoms with van der Waals surface area (Å²) in [4.78, 5) is 16.3. The third-order valence-corrected chi connectivity index (χ3v) is 4.31. The molecule has 0 bridgehead atoms. The second-order valence-corrected chi connectivity index (χ2v) is 6.28. The first kappa shape index (κ1) is 14.7. The molecule has 1 amide bonds. The molecule has 2 heterocycles. The van der Waals surface area contributed by atoms with Crippen LogP contribution >= 0.6 is 34.2 Å². The average Bonchev–Trinajstić information content (AvgIpc) is 3.10. The number of hydrogen-bond acceptors (Lipinski definition) is 5. The van der Waals surface area contributed by atoms with Gasteiger partial charge in [0.2, 0.25) is 5.89 Å². The number of carbonyl (C=O) groups excluding carboxylic acids is 1. The van der Waals surface area contributed by atoms with Crippen LogP contribution in [0.3, 0.4) is 0 Å². The van der Waals surface area contributed by atoms with Gasteiger partial charge in [-0.25, -0.2) is 0 Å². The first-order valence-electron chi connectivity index (χ1n) is 6.47. The molecule has 1 unspecified atom stereocenters. The second-order valence-electron chi connectivity index (χ2n) is 4.68. The van der Waals surface area contributed by atoms with Crippen molar-refractivity contribution in [2.45, 2.75) is 18.9 Å². The lowest BCUT2D eigenvalue weighted by Crippen LogP contribution is -2.16. The molecule has 3 rings (SSSR count). The van der Waals surface area contributed by atoms with Gasteiger partial charge < -0.3 is 15.2 Å². The van der Waals surface area contributed by atoms with Crippen molar-refractivity contribution in [3.8, 4) is 0 Å². The van der Waals surface area contributed by atoms with E-state index in [0.717, 1.165) is 23.0 Å². The first-order valence-corrected chi connectivity index (χ1v) is 7.92. The van der Waals surface area contributed by atoms with Gasteiger partial charge in [0, 0.05) is 8.59 Å². The molecule has 0 aliphatic carbocycles. The minimum atomic E-state index is -0.400. The van der Waals surface area contributed by atoms with Crippen LogP contribution in [0, 0.1) is 3.57 Å². The molecule has 1 saturated heterocycles. The van der Waals surface area contributed by atoms with Crippen molar-refractivity contribution in [2.24, 2.45) is 0 Å². The summed E-state index contributed by atoms with van der Waals surface area (Å²) >= 11 is 7.98. The highest BCUT2D eigenvalue weighted by Crippen LogP contribution is 2.24. The highest BCUT2D eigenvalue weighted by Gasteiger charge is 2.24. The zero-order valence-electron chi connectivity index (χ0n) is 10.9.